The average molecular weight is 260 g/mol. The van der Waals surface area contributed by atoms with Crippen LogP contribution < -0.4 is 5.32 Å². The summed E-state index contributed by atoms with van der Waals surface area (Å²) in [6, 6.07) is 5.65. The number of benzene rings is 1. The van der Waals surface area contributed by atoms with Gasteiger partial charge in [-0.3, -0.25) is 0 Å². The highest BCUT2D eigenvalue weighted by Crippen LogP contribution is 2.15. The van der Waals surface area contributed by atoms with Gasteiger partial charge in [-0.15, -0.1) is 0 Å². The van der Waals surface area contributed by atoms with Gasteiger partial charge in [-0.05, 0) is 30.7 Å². The molecule has 14 heavy (non-hydrogen) atoms. The van der Waals surface area contributed by atoms with Gasteiger partial charge in [0, 0.05) is 10.5 Å². The van der Waals surface area contributed by atoms with Crippen molar-refractivity contribution < 1.29 is 4.39 Å². The van der Waals surface area contributed by atoms with E-state index in [4.69, 9.17) is 0 Å². The lowest BCUT2D eigenvalue weighted by Gasteiger charge is -2.08. The van der Waals surface area contributed by atoms with E-state index in [0.29, 0.717) is 6.04 Å². The van der Waals surface area contributed by atoms with Crippen LogP contribution in [0.3, 0.4) is 0 Å². The van der Waals surface area contributed by atoms with Crippen molar-refractivity contribution in [2.24, 2.45) is 0 Å². The smallest absolute Gasteiger partial charge is 0.127 e. The Balaban J connectivity index is 2.51. The van der Waals surface area contributed by atoms with Crippen molar-refractivity contribution in [3.8, 4) is 0 Å². The molecule has 1 nitrogen and oxygen atoms in total. The van der Waals surface area contributed by atoms with Crippen LogP contribution in [0.1, 0.15) is 19.4 Å². The van der Waals surface area contributed by atoms with Crippen LogP contribution in [0.2, 0.25) is 0 Å². The van der Waals surface area contributed by atoms with E-state index in [1.54, 1.807) is 0 Å². The molecule has 0 atom stereocenters. The second kappa shape index (κ2) is 5.47. The molecule has 0 radical (unpaired) electrons. The van der Waals surface area contributed by atoms with Crippen LogP contribution in [0.4, 0.5) is 4.39 Å². The third kappa shape index (κ3) is 3.76. The van der Waals surface area contributed by atoms with Crippen molar-refractivity contribution >= 4 is 15.9 Å². The van der Waals surface area contributed by atoms with Gasteiger partial charge >= 0.3 is 0 Å². The first kappa shape index (κ1) is 11.7. The van der Waals surface area contributed by atoms with Crippen molar-refractivity contribution in [2.75, 3.05) is 6.54 Å². The van der Waals surface area contributed by atoms with E-state index >= 15 is 0 Å². The van der Waals surface area contributed by atoms with Gasteiger partial charge in [0.1, 0.15) is 5.82 Å². The third-order valence-corrected chi connectivity index (χ3v) is 2.46. The number of hydrogen-bond donors (Lipinski definition) is 1. The number of nitrogens with one attached hydrogen (secondary N) is 1. The van der Waals surface area contributed by atoms with Gasteiger partial charge < -0.3 is 5.32 Å². The highest BCUT2D eigenvalue weighted by molar-refractivity contribution is 9.10. The number of hydrogen-bond acceptors (Lipinski definition) is 1. The number of rotatable bonds is 4. The molecular formula is C11H15BrFN. The Hall–Kier alpha value is -0.410. The lowest BCUT2D eigenvalue weighted by Crippen LogP contribution is -2.25. The van der Waals surface area contributed by atoms with Crippen molar-refractivity contribution in [3.05, 3.63) is 34.1 Å². The van der Waals surface area contributed by atoms with Crippen molar-refractivity contribution in [2.45, 2.75) is 26.3 Å². The Labute approximate surface area is 92.8 Å². The Morgan fingerprint density at radius 1 is 1.43 bits per heavy atom. The van der Waals surface area contributed by atoms with Crippen LogP contribution in [0.25, 0.3) is 0 Å². The van der Waals surface area contributed by atoms with Crippen LogP contribution in [0, 0.1) is 5.82 Å². The summed E-state index contributed by atoms with van der Waals surface area (Å²) in [5, 5.41) is 3.26. The fraction of sp³-hybridized carbons (Fsp3) is 0.455. The molecular weight excluding hydrogens is 245 g/mol. The van der Waals surface area contributed by atoms with Gasteiger partial charge in [0.15, 0.2) is 0 Å². The molecule has 0 unspecified atom stereocenters. The van der Waals surface area contributed by atoms with Gasteiger partial charge in [0.2, 0.25) is 0 Å². The van der Waals surface area contributed by atoms with Gasteiger partial charge in [-0.2, -0.15) is 0 Å². The average Bonchev–Trinajstić information content (AvgIpc) is 2.08. The number of halogens is 2. The first-order valence-corrected chi connectivity index (χ1v) is 5.56. The fourth-order valence-electron chi connectivity index (χ4n) is 1.22. The van der Waals surface area contributed by atoms with Gasteiger partial charge in [-0.1, -0.05) is 35.8 Å². The van der Waals surface area contributed by atoms with Crippen molar-refractivity contribution in [1.29, 1.82) is 0 Å². The summed E-state index contributed by atoms with van der Waals surface area (Å²) < 4.78 is 14.1. The summed E-state index contributed by atoms with van der Waals surface area (Å²) in [5.41, 5.74) is 0.765. The molecule has 0 fully saturated rings. The van der Waals surface area contributed by atoms with Gasteiger partial charge in [-0.25, -0.2) is 4.39 Å². The van der Waals surface area contributed by atoms with E-state index in [-0.39, 0.29) is 5.82 Å². The Morgan fingerprint density at radius 2 is 2.14 bits per heavy atom. The quantitative estimate of drug-likeness (QED) is 0.877. The van der Waals surface area contributed by atoms with Gasteiger partial charge in [0.25, 0.3) is 0 Å². The van der Waals surface area contributed by atoms with E-state index in [0.717, 1.165) is 23.0 Å². The third-order valence-electron chi connectivity index (χ3n) is 1.96. The van der Waals surface area contributed by atoms with E-state index < -0.39 is 0 Å². The molecule has 0 aliphatic heterocycles. The lowest BCUT2D eigenvalue weighted by molar-refractivity contribution is 0.568. The second-order valence-corrected chi connectivity index (χ2v) is 4.51. The normalized spacial score (nSPS) is 10.9. The van der Waals surface area contributed by atoms with E-state index in [9.17, 15) is 4.39 Å². The first-order chi connectivity index (χ1) is 6.59. The maximum Gasteiger partial charge on any atom is 0.127 e. The minimum Gasteiger partial charge on any atom is -0.314 e. The zero-order valence-corrected chi connectivity index (χ0v) is 10.1. The summed E-state index contributed by atoms with van der Waals surface area (Å²) in [6.07, 6.45) is 0.733. The molecule has 1 rings (SSSR count). The topological polar surface area (TPSA) is 12.0 Å². The maximum atomic E-state index is 13.3. The molecule has 0 bridgehead atoms. The highest BCUT2D eigenvalue weighted by atomic mass is 79.9. The molecule has 0 saturated heterocycles. The zero-order chi connectivity index (χ0) is 10.6. The Kier molecular flexibility index (Phi) is 4.55. The second-order valence-electron chi connectivity index (χ2n) is 3.59. The molecule has 0 aromatic heterocycles. The molecule has 0 aliphatic carbocycles. The molecule has 78 valence electrons. The molecule has 1 aromatic carbocycles. The predicted molar refractivity (Wildman–Crippen MR) is 60.9 cm³/mol. The fourth-order valence-corrected chi connectivity index (χ4v) is 1.55. The molecule has 1 N–H and O–H groups in total. The van der Waals surface area contributed by atoms with Crippen LogP contribution in [-0.2, 0) is 6.42 Å². The van der Waals surface area contributed by atoms with Crippen molar-refractivity contribution in [1.82, 2.24) is 5.32 Å². The minimum absolute atomic E-state index is 0.134. The van der Waals surface area contributed by atoms with Crippen molar-refractivity contribution in [3.63, 3.8) is 0 Å². The monoisotopic (exact) mass is 259 g/mol. The SMILES string of the molecule is CC(C)NCCc1ccc(Br)cc1F. The summed E-state index contributed by atoms with van der Waals surface area (Å²) in [5.74, 6) is -0.134. The Bertz CT molecular complexity index is 299. The summed E-state index contributed by atoms with van der Waals surface area (Å²) in [7, 11) is 0. The molecule has 1 aromatic rings. The summed E-state index contributed by atoms with van der Waals surface area (Å²) in [6.45, 7) is 4.98. The van der Waals surface area contributed by atoms with Crippen LogP contribution in [0.5, 0.6) is 0 Å². The Morgan fingerprint density at radius 3 is 2.71 bits per heavy atom. The molecule has 0 saturated carbocycles. The maximum absolute atomic E-state index is 13.3. The molecule has 0 spiro atoms. The standard InChI is InChI=1S/C11H15BrFN/c1-8(2)14-6-5-9-3-4-10(12)7-11(9)13/h3-4,7-8,14H,5-6H2,1-2H3. The van der Waals surface area contributed by atoms with E-state index in [2.05, 4.69) is 35.1 Å². The predicted octanol–water partition coefficient (Wildman–Crippen LogP) is 3.13. The van der Waals surface area contributed by atoms with Crippen LogP contribution >= 0.6 is 15.9 Å². The van der Waals surface area contributed by atoms with Crippen LogP contribution in [0.15, 0.2) is 22.7 Å². The summed E-state index contributed by atoms with van der Waals surface area (Å²) in [4.78, 5) is 0. The molecule has 3 heteroatoms. The molecule has 0 heterocycles. The van der Waals surface area contributed by atoms with Gasteiger partial charge in [0.05, 0.1) is 0 Å². The molecule has 0 aliphatic rings. The summed E-state index contributed by atoms with van der Waals surface area (Å²) >= 11 is 3.23. The van der Waals surface area contributed by atoms with E-state index in [1.165, 1.54) is 6.07 Å². The zero-order valence-electron chi connectivity index (χ0n) is 8.48. The largest absolute Gasteiger partial charge is 0.314 e. The lowest BCUT2D eigenvalue weighted by atomic mass is 10.1. The minimum atomic E-state index is -0.134. The molecule has 0 amide bonds. The highest BCUT2D eigenvalue weighted by Gasteiger charge is 2.02. The first-order valence-electron chi connectivity index (χ1n) is 4.77. The van der Waals surface area contributed by atoms with Crippen LogP contribution in [-0.4, -0.2) is 12.6 Å². The van der Waals surface area contributed by atoms with E-state index in [1.807, 2.05) is 12.1 Å².